The van der Waals surface area contributed by atoms with Crippen LogP contribution in [0.3, 0.4) is 0 Å². The number of hydrogen-bond donors (Lipinski definition) is 2. The van der Waals surface area contributed by atoms with Crippen molar-refractivity contribution in [3.8, 4) is 0 Å². The van der Waals surface area contributed by atoms with Gasteiger partial charge in [-0.15, -0.1) is 0 Å². The summed E-state index contributed by atoms with van der Waals surface area (Å²) in [6.07, 6.45) is 1.00. The molecule has 19 heavy (non-hydrogen) atoms. The van der Waals surface area contributed by atoms with Crippen molar-refractivity contribution in [3.05, 3.63) is 71.3 Å². The summed E-state index contributed by atoms with van der Waals surface area (Å²) in [6, 6.07) is 13.8. The van der Waals surface area contributed by atoms with Crippen LogP contribution in [-0.2, 0) is 12.8 Å². The largest absolute Gasteiger partial charge is 0.271 e. The molecule has 0 radical (unpaired) electrons. The number of rotatable bonds is 5. The standard InChI is InChI=1S/C15H16F2N2/c16-14-8-4-7-12(15(14)17)10-13(19-18)9-11-5-2-1-3-6-11/h1-8,13,19H,9-10,18H2. The average molecular weight is 262 g/mol. The van der Waals surface area contributed by atoms with Gasteiger partial charge < -0.3 is 0 Å². The van der Waals surface area contributed by atoms with E-state index in [2.05, 4.69) is 5.43 Å². The van der Waals surface area contributed by atoms with Crippen LogP contribution in [0.1, 0.15) is 11.1 Å². The Balaban J connectivity index is 2.09. The highest BCUT2D eigenvalue weighted by atomic mass is 19.2. The minimum absolute atomic E-state index is 0.140. The van der Waals surface area contributed by atoms with Gasteiger partial charge in [0.15, 0.2) is 11.6 Å². The van der Waals surface area contributed by atoms with E-state index in [0.29, 0.717) is 18.4 Å². The third-order valence-electron chi connectivity index (χ3n) is 3.06. The molecule has 0 saturated heterocycles. The monoisotopic (exact) mass is 262 g/mol. The molecule has 0 spiro atoms. The summed E-state index contributed by atoms with van der Waals surface area (Å²) in [5.74, 6) is 3.87. The van der Waals surface area contributed by atoms with E-state index >= 15 is 0 Å². The second-order valence-electron chi connectivity index (χ2n) is 4.47. The van der Waals surface area contributed by atoms with Crippen molar-refractivity contribution in [1.29, 1.82) is 0 Å². The van der Waals surface area contributed by atoms with Gasteiger partial charge >= 0.3 is 0 Å². The molecule has 0 aliphatic heterocycles. The van der Waals surface area contributed by atoms with E-state index in [1.165, 1.54) is 6.07 Å². The molecule has 0 aliphatic carbocycles. The molecule has 2 rings (SSSR count). The number of benzene rings is 2. The molecule has 100 valence electrons. The number of hydrazine groups is 1. The Morgan fingerprint density at radius 2 is 1.68 bits per heavy atom. The SMILES string of the molecule is NNC(Cc1ccccc1)Cc1cccc(F)c1F. The Morgan fingerprint density at radius 3 is 2.37 bits per heavy atom. The zero-order chi connectivity index (χ0) is 13.7. The molecule has 2 nitrogen and oxygen atoms in total. The zero-order valence-electron chi connectivity index (χ0n) is 10.4. The summed E-state index contributed by atoms with van der Waals surface area (Å²) in [6.45, 7) is 0. The fraction of sp³-hybridized carbons (Fsp3) is 0.200. The van der Waals surface area contributed by atoms with Crippen LogP contribution >= 0.6 is 0 Å². The van der Waals surface area contributed by atoms with E-state index in [4.69, 9.17) is 5.84 Å². The zero-order valence-corrected chi connectivity index (χ0v) is 10.4. The van der Waals surface area contributed by atoms with E-state index in [9.17, 15) is 8.78 Å². The first kappa shape index (κ1) is 13.6. The van der Waals surface area contributed by atoms with E-state index in [1.54, 1.807) is 6.07 Å². The van der Waals surface area contributed by atoms with Crippen molar-refractivity contribution in [1.82, 2.24) is 5.43 Å². The lowest BCUT2D eigenvalue weighted by atomic mass is 9.99. The Hall–Kier alpha value is -1.78. The lowest BCUT2D eigenvalue weighted by Crippen LogP contribution is -2.38. The molecule has 0 amide bonds. The summed E-state index contributed by atoms with van der Waals surface area (Å²) < 4.78 is 26.7. The average Bonchev–Trinajstić information content (AvgIpc) is 2.44. The van der Waals surface area contributed by atoms with E-state index < -0.39 is 11.6 Å². The maximum atomic E-state index is 13.6. The van der Waals surface area contributed by atoms with Crippen molar-refractivity contribution in [2.24, 2.45) is 5.84 Å². The number of hydrogen-bond acceptors (Lipinski definition) is 2. The molecule has 0 bridgehead atoms. The highest BCUT2D eigenvalue weighted by molar-refractivity contribution is 5.22. The Labute approximate surface area is 111 Å². The highest BCUT2D eigenvalue weighted by Gasteiger charge is 2.14. The first-order valence-corrected chi connectivity index (χ1v) is 6.13. The van der Waals surface area contributed by atoms with Gasteiger partial charge in [0.05, 0.1) is 0 Å². The third kappa shape index (κ3) is 3.59. The first-order valence-electron chi connectivity index (χ1n) is 6.13. The van der Waals surface area contributed by atoms with Crippen molar-refractivity contribution in [3.63, 3.8) is 0 Å². The van der Waals surface area contributed by atoms with Gasteiger partial charge in [0, 0.05) is 6.04 Å². The smallest absolute Gasteiger partial charge is 0.162 e. The van der Waals surface area contributed by atoms with Crippen LogP contribution in [0.5, 0.6) is 0 Å². The van der Waals surface area contributed by atoms with Gasteiger partial charge in [-0.3, -0.25) is 11.3 Å². The molecule has 2 aromatic carbocycles. The van der Waals surface area contributed by atoms with Gasteiger partial charge in [-0.1, -0.05) is 42.5 Å². The predicted octanol–water partition coefficient (Wildman–Crippen LogP) is 2.58. The maximum absolute atomic E-state index is 13.6. The van der Waals surface area contributed by atoms with Crippen LogP contribution in [0.2, 0.25) is 0 Å². The van der Waals surface area contributed by atoms with Crippen molar-refractivity contribution >= 4 is 0 Å². The van der Waals surface area contributed by atoms with Gasteiger partial charge in [0.2, 0.25) is 0 Å². The topological polar surface area (TPSA) is 38.0 Å². The molecule has 0 heterocycles. The lowest BCUT2D eigenvalue weighted by Gasteiger charge is -2.16. The van der Waals surface area contributed by atoms with Crippen LogP contribution < -0.4 is 11.3 Å². The lowest BCUT2D eigenvalue weighted by molar-refractivity contribution is 0.474. The second-order valence-corrected chi connectivity index (χ2v) is 4.47. The van der Waals surface area contributed by atoms with Gasteiger partial charge in [-0.25, -0.2) is 8.78 Å². The number of halogens is 2. The van der Waals surface area contributed by atoms with E-state index in [1.807, 2.05) is 30.3 Å². The Kier molecular flexibility index (Phi) is 4.60. The van der Waals surface area contributed by atoms with E-state index in [-0.39, 0.29) is 6.04 Å². The fourth-order valence-corrected chi connectivity index (χ4v) is 2.06. The van der Waals surface area contributed by atoms with Crippen LogP contribution in [0.15, 0.2) is 48.5 Å². The minimum Gasteiger partial charge on any atom is -0.271 e. The second kappa shape index (κ2) is 6.41. The molecule has 1 unspecified atom stereocenters. The summed E-state index contributed by atoms with van der Waals surface area (Å²) in [4.78, 5) is 0. The third-order valence-corrected chi connectivity index (χ3v) is 3.06. The summed E-state index contributed by atoms with van der Waals surface area (Å²) in [5, 5.41) is 0. The van der Waals surface area contributed by atoms with E-state index in [0.717, 1.165) is 11.6 Å². The molecular formula is C15H16F2N2. The molecular weight excluding hydrogens is 246 g/mol. The van der Waals surface area contributed by atoms with Crippen LogP contribution in [0.25, 0.3) is 0 Å². The Bertz CT molecular complexity index is 529. The van der Waals surface area contributed by atoms with Crippen LogP contribution in [0, 0.1) is 11.6 Å². The summed E-state index contributed by atoms with van der Waals surface area (Å²) in [7, 11) is 0. The first-order chi connectivity index (χ1) is 9.20. The fourth-order valence-electron chi connectivity index (χ4n) is 2.06. The molecule has 0 saturated carbocycles. The molecule has 4 heteroatoms. The summed E-state index contributed by atoms with van der Waals surface area (Å²) >= 11 is 0. The predicted molar refractivity (Wildman–Crippen MR) is 71.3 cm³/mol. The molecule has 0 fully saturated rings. The molecule has 0 aliphatic rings. The van der Waals surface area contributed by atoms with Crippen molar-refractivity contribution in [2.75, 3.05) is 0 Å². The summed E-state index contributed by atoms with van der Waals surface area (Å²) in [5.41, 5.74) is 4.09. The minimum atomic E-state index is -0.826. The normalized spacial score (nSPS) is 12.4. The van der Waals surface area contributed by atoms with Crippen molar-refractivity contribution < 1.29 is 8.78 Å². The van der Waals surface area contributed by atoms with Gasteiger partial charge in [0.25, 0.3) is 0 Å². The highest BCUT2D eigenvalue weighted by Crippen LogP contribution is 2.15. The number of nitrogens with two attached hydrogens (primary N) is 1. The quantitative estimate of drug-likeness (QED) is 0.642. The molecule has 2 aromatic rings. The molecule has 3 N–H and O–H groups in total. The molecule has 0 aromatic heterocycles. The van der Waals surface area contributed by atoms with Crippen molar-refractivity contribution in [2.45, 2.75) is 18.9 Å². The maximum Gasteiger partial charge on any atom is 0.162 e. The van der Waals surface area contributed by atoms with Crippen LogP contribution in [-0.4, -0.2) is 6.04 Å². The Morgan fingerprint density at radius 1 is 0.947 bits per heavy atom. The van der Waals surface area contributed by atoms with Gasteiger partial charge in [0.1, 0.15) is 0 Å². The van der Waals surface area contributed by atoms with Gasteiger partial charge in [-0.2, -0.15) is 0 Å². The molecule has 1 atom stereocenters. The van der Waals surface area contributed by atoms with Gasteiger partial charge in [-0.05, 0) is 30.0 Å². The number of nitrogens with one attached hydrogen (secondary N) is 1. The van der Waals surface area contributed by atoms with Crippen LogP contribution in [0.4, 0.5) is 8.78 Å².